The SMILES string of the molecule is CCNC(=O)CNC(=O)C1CC2CCCC(C1)C2=O. The van der Waals surface area contributed by atoms with Gasteiger partial charge in [-0.3, -0.25) is 14.4 Å². The normalized spacial score (nSPS) is 29.7. The summed E-state index contributed by atoms with van der Waals surface area (Å²) in [4.78, 5) is 35.3. The van der Waals surface area contributed by atoms with Crippen LogP contribution in [0, 0.1) is 17.8 Å². The maximum atomic E-state index is 12.0. The van der Waals surface area contributed by atoms with E-state index in [0.717, 1.165) is 19.3 Å². The lowest BCUT2D eigenvalue weighted by molar-refractivity contribution is -0.138. The third-order valence-electron chi connectivity index (χ3n) is 4.22. The molecular formula is C14H22N2O3. The molecule has 2 amide bonds. The molecule has 2 unspecified atom stereocenters. The Kier molecular flexibility index (Phi) is 4.56. The van der Waals surface area contributed by atoms with Crippen molar-refractivity contribution in [2.24, 2.45) is 17.8 Å². The van der Waals surface area contributed by atoms with Crippen molar-refractivity contribution in [3.63, 3.8) is 0 Å². The van der Waals surface area contributed by atoms with Gasteiger partial charge in [0.25, 0.3) is 0 Å². The van der Waals surface area contributed by atoms with Gasteiger partial charge in [-0.1, -0.05) is 6.42 Å². The van der Waals surface area contributed by atoms with Gasteiger partial charge in [0.2, 0.25) is 11.8 Å². The van der Waals surface area contributed by atoms with Crippen molar-refractivity contribution in [1.29, 1.82) is 0 Å². The second-order valence-electron chi connectivity index (χ2n) is 5.57. The first-order valence-electron chi connectivity index (χ1n) is 7.20. The molecule has 2 atom stereocenters. The average molecular weight is 266 g/mol. The first kappa shape index (κ1) is 14.0. The number of hydrogen-bond acceptors (Lipinski definition) is 3. The van der Waals surface area contributed by atoms with E-state index in [1.165, 1.54) is 0 Å². The van der Waals surface area contributed by atoms with E-state index in [1.807, 2.05) is 6.92 Å². The van der Waals surface area contributed by atoms with Crippen LogP contribution >= 0.6 is 0 Å². The zero-order valence-electron chi connectivity index (χ0n) is 11.4. The third kappa shape index (κ3) is 3.33. The first-order chi connectivity index (χ1) is 9.11. The number of nitrogens with one attached hydrogen (secondary N) is 2. The van der Waals surface area contributed by atoms with Crippen molar-refractivity contribution in [3.05, 3.63) is 0 Å². The molecular weight excluding hydrogens is 244 g/mol. The Labute approximate surface area is 113 Å². The van der Waals surface area contributed by atoms with Crippen LogP contribution in [0.2, 0.25) is 0 Å². The van der Waals surface area contributed by atoms with Crippen molar-refractivity contribution in [1.82, 2.24) is 10.6 Å². The highest BCUT2D eigenvalue weighted by Crippen LogP contribution is 2.39. The fourth-order valence-corrected chi connectivity index (χ4v) is 3.27. The van der Waals surface area contributed by atoms with Crippen LogP contribution in [0.5, 0.6) is 0 Å². The van der Waals surface area contributed by atoms with Crippen LogP contribution in [0.3, 0.4) is 0 Å². The molecule has 5 heteroatoms. The van der Waals surface area contributed by atoms with Crippen molar-refractivity contribution >= 4 is 17.6 Å². The van der Waals surface area contributed by atoms with E-state index in [1.54, 1.807) is 0 Å². The molecule has 2 fully saturated rings. The molecule has 0 aromatic carbocycles. The van der Waals surface area contributed by atoms with Crippen molar-refractivity contribution < 1.29 is 14.4 Å². The van der Waals surface area contributed by atoms with Crippen molar-refractivity contribution in [2.75, 3.05) is 13.1 Å². The van der Waals surface area contributed by atoms with Crippen molar-refractivity contribution in [3.8, 4) is 0 Å². The van der Waals surface area contributed by atoms with Gasteiger partial charge in [0.05, 0.1) is 6.54 Å². The van der Waals surface area contributed by atoms with Crippen LogP contribution in [0.4, 0.5) is 0 Å². The zero-order valence-corrected chi connectivity index (χ0v) is 11.4. The summed E-state index contributed by atoms with van der Waals surface area (Å²) in [6.07, 6.45) is 4.28. The van der Waals surface area contributed by atoms with Crippen LogP contribution in [0.1, 0.15) is 39.0 Å². The fraction of sp³-hybridized carbons (Fsp3) is 0.786. The molecule has 0 aromatic rings. The molecule has 106 valence electrons. The minimum Gasteiger partial charge on any atom is -0.355 e. The van der Waals surface area contributed by atoms with Crippen LogP contribution in [0.15, 0.2) is 0 Å². The molecule has 0 spiro atoms. The molecule has 2 rings (SSSR count). The molecule has 2 saturated carbocycles. The van der Waals surface area contributed by atoms with E-state index in [-0.39, 0.29) is 36.1 Å². The predicted molar refractivity (Wildman–Crippen MR) is 70.3 cm³/mol. The second kappa shape index (κ2) is 6.17. The predicted octanol–water partition coefficient (Wildman–Crippen LogP) is 0.634. The summed E-state index contributed by atoms with van der Waals surface area (Å²) in [5.74, 6) is 0.181. The Balaban J connectivity index is 1.83. The van der Waals surface area contributed by atoms with E-state index >= 15 is 0 Å². The molecule has 5 nitrogen and oxygen atoms in total. The number of likely N-dealkylation sites (N-methyl/N-ethyl adjacent to an activating group) is 1. The molecule has 0 radical (unpaired) electrons. The minimum atomic E-state index is -0.164. The standard InChI is InChI=1S/C14H22N2O3/c1-2-15-12(17)8-16-14(19)11-6-9-4-3-5-10(7-11)13(9)18/h9-11H,2-8H2,1H3,(H,15,17)(H,16,19). The lowest BCUT2D eigenvalue weighted by atomic mass is 9.67. The number of rotatable bonds is 4. The molecule has 2 aliphatic carbocycles. The molecule has 2 bridgehead atoms. The highest BCUT2D eigenvalue weighted by Gasteiger charge is 2.41. The van der Waals surface area contributed by atoms with Crippen LogP contribution in [-0.4, -0.2) is 30.7 Å². The Bertz CT molecular complexity index is 365. The van der Waals surface area contributed by atoms with Crippen molar-refractivity contribution in [2.45, 2.75) is 39.0 Å². The minimum absolute atomic E-state index is 0.0342. The van der Waals surface area contributed by atoms with Gasteiger partial charge in [-0.25, -0.2) is 0 Å². The fourth-order valence-electron chi connectivity index (χ4n) is 3.27. The van der Waals surface area contributed by atoms with Gasteiger partial charge in [-0.05, 0) is 32.6 Å². The van der Waals surface area contributed by atoms with E-state index in [0.29, 0.717) is 25.2 Å². The Hall–Kier alpha value is -1.39. The largest absolute Gasteiger partial charge is 0.355 e. The number of hydrogen-bond donors (Lipinski definition) is 2. The maximum absolute atomic E-state index is 12.0. The summed E-state index contributed by atoms with van der Waals surface area (Å²) in [7, 11) is 0. The number of carbonyl (C=O) groups excluding carboxylic acids is 3. The number of ketones is 1. The molecule has 2 aliphatic rings. The van der Waals surface area contributed by atoms with Gasteiger partial charge in [-0.2, -0.15) is 0 Å². The van der Waals surface area contributed by atoms with E-state index in [9.17, 15) is 14.4 Å². The van der Waals surface area contributed by atoms with E-state index in [4.69, 9.17) is 0 Å². The van der Waals surface area contributed by atoms with E-state index in [2.05, 4.69) is 10.6 Å². The van der Waals surface area contributed by atoms with Gasteiger partial charge >= 0.3 is 0 Å². The molecule has 0 aliphatic heterocycles. The second-order valence-corrected chi connectivity index (χ2v) is 5.57. The average Bonchev–Trinajstić information content (AvgIpc) is 2.36. The molecule has 0 heterocycles. The highest BCUT2D eigenvalue weighted by molar-refractivity contribution is 5.90. The lowest BCUT2D eigenvalue weighted by Crippen LogP contribution is -2.45. The lowest BCUT2D eigenvalue weighted by Gasteiger charge is -2.36. The molecule has 0 aromatic heterocycles. The number of carbonyl (C=O) groups is 3. The highest BCUT2D eigenvalue weighted by atomic mass is 16.2. The van der Waals surface area contributed by atoms with Gasteiger partial charge in [0, 0.05) is 24.3 Å². The van der Waals surface area contributed by atoms with Gasteiger partial charge in [-0.15, -0.1) is 0 Å². The Morgan fingerprint density at radius 3 is 2.37 bits per heavy atom. The summed E-state index contributed by atoms with van der Waals surface area (Å²) in [6, 6.07) is 0. The monoisotopic (exact) mass is 266 g/mol. The topological polar surface area (TPSA) is 75.3 Å². The van der Waals surface area contributed by atoms with Gasteiger partial charge in [0.1, 0.15) is 5.78 Å². The zero-order chi connectivity index (χ0) is 13.8. The molecule has 2 N–H and O–H groups in total. The molecule has 0 saturated heterocycles. The smallest absolute Gasteiger partial charge is 0.239 e. The van der Waals surface area contributed by atoms with Crippen LogP contribution < -0.4 is 10.6 Å². The van der Waals surface area contributed by atoms with E-state index < -0.39 is 0 Å². The first-order valence-corrected chi connectivity index (χ1v) is 7.20. The van der Waals surface area contributed by atoms with Gasteiger partial charge in [0.15, 0.2) is 0 Å². The van der Waals surface area contributed by atoms with Gasteiger partial charge < -0.3 is 10.6 Å². The van der Waals surface area contributed by atoms with Crippen LogP contribution in [-0.2, 0) is 14.4 Å². The maximum Gasteiger partial charge on any atom is 0.239 e. The summed E-state index contributed by atoms with van der Waals surface area (Å²) in [5.41, 5.74) is 0. The Morgan fingerprint density at radius 1 is 1.16 bits per heavy atom. The summed E-state index contributed by atoms with van der Waals surface area (Å²) >= 11 is 0. The molecule has 19 heavy (non-hydrogen) atoms. The quantitative estimate of drug-likeness (QED) is 0.784. The summed E-state index contributed by atoms with van der Waals surface area (Å²) in [6.45, 7) is 2.44. The summed E-state index contributed by atoms with van der Waals surface area (Å²) in [5, 5.41) is 5.32. The third-order valence-corrected chi connectivity index (χ3v) is 4.22. The number of amides is 2. The van der Waals surface area contributed by atoms with Crippen LogP contribution in [0.25, 0.3) is 0 Å². The Morgan fingerprint density at radius 2 is 1.79 bits per heavy atom. The number of fused-ring (bicyclic) bond motifs is 2. The number of Topliss-reactive ketones (excluding diaryl/α,β-unsaturated/α-hetero) is 1. The summed E-state index contributed by atoms with van der Waals surface area (Å²) < 4.78 is 0.